The Morgan fingerprint density at radius 1 is 1.20 bits per heavy atom. The van der Waals surface area contributed by atoms with Gasteiger partial charge in [-0.25, -0.2) is 15.0 Å². The number of anilines is 2. The molecule has 1 aliphatic heterocycles. The molecule has 1 fully saturated rings. The number of pyridine rings is 1. The maximum Gasteiger partial charge on any atom is 0.236 e. The van der Waals surface area contributed by atoms with Gasteiger partial charge >= 0.3 is 0 Å². The summed E-state index contributed by atoms with van der Waals surface area (Å²) in [6, 6.07) is 9.99. The van der Waals surface area contributed by atoms with Gasteiger partial charge in [0, 0.05) is 37.1 Å². The lowest BCUT2D eigenvalue weighted by Crippen LogP contribution is -2.51. The number of hydrogen-bond donors (Lipinski definition) is 1. The second-order valence-electron chi connectivity index (χ2n) is 9.05. The maximum atomic E-state index is 12.5. The zero-order valence-electron chi connectivity index (χ0n) is 20.0. The summed E-state index contributed by atoms with van der Waals surface area (Å²) in [4.78, 5) is 33.5. The lowest BCUT2D eigenvalue weighted by molar-refractivity contribution is -0.132. The van der Waals surface area contributed by atoms with Crippen molar-refractivity contribution < 1.29 is 4.79 Å². The summed E-state index contributed by atoms with van der Waals surface area (Å²) in [5, 5.41) is 8.24. The molecule has 5 rings (SSSR count). The molecule has 35 heavy (non-hydrogen) atoms. The van der Waals surface area contributed by atoms with Crippen LogP contribution in [0, 0.1) is 0 Å². The summed E-state index contributed by atoms with van der Waals surface area (Å²) < 4.78 is 0. The van der Waals surface area contributed by atoms with E-state index in [1.54, 1.807) is 17.7 Å². The van der Waals surface area contributed by atoms with Gasteiger partial charge < -0.3 is 20.0 Å². The van der Waals surface area contributed by atoms with Crippen LogP contribution in [0.3, 0.4) is 0 Å². The van der Waals surface area contributed by atoms with Gasteiger partial charge in [0.25, 0.3) is 0 Å². The topological polar surface area (TPSA) is 77.5 Å². The Labute approximate surface area is 213 Å². The smallest absolute Gasteiger partial charge is 0.236 e. The Balaban J connectivity index is 1.46. The number of thiophene rings is 1. The highest BCUT2D eigenvalue weighted by molar-refractivity contribution is 7.16. The lowest BCUT2D eigenvalue weighted by atomic mass is 10.0. The van der Waals surface area contributed by atoms with Crippen LogP contribution in [-0.4, -0.2) is 77.5 Å². The number of carbonyl (C=O) groups excluding carboxylic acids is 1. The van der Waals surface area contributed by atoms with Crippen LogP contribution in [0.1, 0.15) is 18.5 Å². The molecule has 8 nitrogen and oxygen atoms in total. The molecular weight excluding hydrogens is 482 g/mol. The van der Waals surface area contributed by atoms with E-state index >= 15 is 0 Å². The quantitative estimate of drug-likeness (QED) is 0.415. The van der Waals surface area contributed by atoms with E-state index in [-0.39, 0.29) is 11.9 Å². The third-order valence-corrected chi connectivity index (χ3v) is 7.40. The Hall–Kier alpha value is -3.01. The molecule has 0 saturated carbocycles. The minimum atomic E-state index is -0.0627. The Bertz CT molecular complexity index is 1370. The Morgan fingerprint density at radius 2 is 2.00 bits per heavy atom. The Morgan fingerprint density at radius 3 is 2.77 bits per heavy atom. The van der Waals surface area contributed by atoms with Crippen molar-refractivity contribution >= 4 is 61.6 Å². The van der Waals surface area contributed by atoms with Gasteiger partial charge in [0.05, 0.1) is 28.5 Å². The number of fused-ring (bicyclic) bond motifs is 2. The number of aromatic nitrogens is 3. The van der Waals surface area contributed by atoms with Crippen molar-refractivity contribution in [3.05, 3.63) is 52.6 Å². The highest BCUT2D eigenvalue weighted by atomic mass is 35.5. The maximum absolute atomic E-state index is 12.5. The molecule has 1 atom stereocenters. The van der Waals surface area contributed by atoms with E-state index in [0.717, 1.165) is 38.3 Å². The number of halogens is 1. The number of likely N-dealkylation sites (N-methyl/N-ethyl adjacent to an activating group) is 1. The van der Waals surface area contributed by atoms with Crippen LogP contribution in [0.4, 0.5) is 11.6 Å². The summed E-state index contributed by atoms with van der Waals surface area (Å²) in [5.74, 6) is 1.85. The van der Waals surface area contributed by atoms with E-state index in [2.05, 4.69) is 33.2 Å². The average molecular weight is 510 g/mol. The molecule has 10 heteroatoms. The Kier molecular flexibility index (Phi) is 6.73. The molecule has 4 heterocycles. The first-order valence-electron chi connectivity index (χ1n) is 11.6. The fourth-order valence-electron chi connectivity index (χ4n) is 4.47. The lowest BCUT2D eigenvalue weighted by Gasteiger charge is -2.37. The molecule has 1 amide bonds. The van der Waals surface area contributed by atoms with Gasteiger partial charge in [-0.05, 0) is 44.6 Å². The second kappa shape index (κ2) is 9.93. The third-order valence-electron chi connectivity index (χ3n) is 6.27. The third kappa shape index (κ3) is 4.89. The molecule has 0 spiro atoms. The van der Waals surface area contributed by atoms with Gasteiger partial charge in [0.2, 0.25) is 5.91 Å². The monoisotopic (exact) mass is 509 g/mol. The molecule has 1 aliphatic rings. The SMILES string of the molecule is C[C@H](Nc1ncnc2sccc12)c1cc2cccc(Cl)c2nc1N1CCN(C(=O)CN(C)C)CC1. The number of amides is 1. The van der Waals surface area contributed by atoms with Crippen LogP contribution < -0.4 is 10.2 Å². The highest BCUT2D eigenvalue weighted by Gasteiger charge is 2.26. The second-order valence-corrected chi connectivity index (χ2v) is 10.3. The molecule has 1 aromatic carbocycles. The number of nitrogens with one attached hydrogen (secondary N) is 1. The first-order valence-corrected chi connectivity index (χ1v) is 12.9. The fourth-order valence-corrected chi connectivity index (χ4v) is 5.42. The van der Waals surface area contributed by atoms with Crippen LogP contribution >= 0.6 is 22.9 Å². The largest absolute Gasteiger partial charge is 0.363 e. The van der Waals surface area contributed by atoms with Crippen LogP contribution in [-0.2, 0) is 4.79 Å². The summed E-state index contributed by atoms with van der Waals surface area (Å²) in [7, 11) is 3.83. The summed E-state index contributed by atoms with van der Waals surface area (Å²) in [6.07, 6.45) is 1.59. The van der Waals surface area contributed by atoms with Crippen molar-refractivity contribution in [2.24, 2.45) is 0 Å². The van der Waals surface area contributed by atoms with Crippen molar-refractivity contribution in [2.75, 3.05) is 57.0 Å². The van der Waals surface area contributed by atoms with E-state index in [1.807, 2.05) is 53.5 Å². The van der Waals surface area contributed by atoms with Crippen LogP contribution in [0.25, 0.3) is 21.1 Å². The van der Waals surface area contributed by atoms with Crippen molar-refractivity contribution in [3.63, 3.8) is 0 Å². The first kappa shape index (κ1) is 23.7. The summed E-state index contributed by atoms with van der Waals surface area (Å²) >= 11 is 8.12. The van der Waals surface area contributed by atoms with Crippen molar-refractivity contribution in [1.82, 2.24) is 24.8 Å². The molecule has 4 aromatic rings. The molecular formula is C25H28ClN7OS. The number of rotatable bonds is 6. The number of piperazine rings is 1. The zero-order chi connectivity index (χ0) is 24.5. The zero-order valence-corrected chi connectivity index (χ0v) is 21.6. The van der Waals surface area contributed by atoms with Gasteiger partial charge in [-0.2, -0.15) is 0 Å². The van der Waals surface area contributed by atoms with Gasteiger partial charge in [0.15, 0.2) is 0 Å². The van der Waals surface area contributed by atoms with E-state index in [4.69, 9.17) is 16.6 Å². The number of nitrogens with zero attached hydrogens (tertiary/aromatic N) is 6. The van der Waals surface area contributed by atoms with Crippen molar-refractivity contribution in [1.29, 1.82) is 0 Å². The average Bonchev–Trinajstić information content (AvgIpc) is 3.33. The van der Waals surface area contributed by atoms with E-state index in [9.17, 15) is 4.79 Å². The van der Waals surface area contributed by atoms with Crippen molar-refractivity contribution in [3.8, 4) is 0 Å². The normalized spacial score (nSPS) is 15.2. The first-order chi connectivity index (χ1) is 16.9. The van der Waals surface area contributed by atoms with Gasteiger partial charge in [-0.3, -0.25) is 4.79 Å². The van der Waals surface area contributed by atoms with E-state index in [0.29, 0.717) is 37.7 Å². The summed E-state index contributed by atoms with van der Waals surface area (Å²) in [5.41, 5.74) is 1.85. The number of benzene rings is 1. The molecule has 0 bridgehead atoms. The minimum Gasteiger partial charge on any atom is -0.363 e. The minimum absolute atomic E-state index is 0.0627. The molecule has 182 valence electrons. The molecule has 0 aliphatic carbocycles. The highest BCUT2D eigenvalue weighted by Crippen LogP contribution is 2.34. The predicted octanol–water partition coefficient (Wildman–Crippen LogP) is 4.28. The summed E-state index contributed by atoms with van der Waals surface area (Å²) in [6.45, 7) is 5.30. The van der Waals surface area contributed by atoms with E-state index in [1.165, 1.54) is 0 Å². The number of hydrogen-bond acceptors (Lipinski definition) is 8. The predicted molar refractivity (Wildman–Crippen MR) is 144 cm³/mol. The van der Waals surface area contributed by atoms with Crippen LogP contribution in [0.5, 0.6) is 0 Å². The fraction of sp³-hybridized carbons (Fsp3) is 0.360. The van der Waals surface area contributed by atoms with Crippen LogP contribution in [0.15, 0.2) is 42.0 Å². The number of para-hydroxylation sites is 1. The van der Waals surface area contributed by atoms with Crippen molar-refractivity contribution in [2.45, 2.75) is 13.0 Å². The van der Waals surface area contributed by atoms with Gasteiger partial charge in [-0.15, -0.1) is 11.3 Å². The molecule has 1 N–H and O–H groups in total. The standard InChI is InChI=1S/C25H28ClN7OS/c1-16(29-23-18-7-12-35-25(18)28-15-27-23)19-13-17-5-4-6-20(26)22(17)30-24(19)33-10-8-32(9-11-33)21(34)14-31(2)3/h4-7,12-13,15-16H,8-11,14H2,1-3H3,(H,27,28,29)/t16-/m0/s1. The molecule has 1 saturated heterocycles. The molecule has 3 aromatic heterocycles. The molecule has 0 unspecified atom stereocenters. The van der Waals surface area contributed by atoms with E-state index < -0.39 is 0 Å². The number of carbonyl (C=O) groups is 1. The van der Waals surface area contributed by atoms with Gasteiger partial charge in [-0.1, -0.05) is 23.7 Å². The molecule has 0 radical (unpaired) electrons. The van der Waals surface area contributed by atoms with Crippen LogP contribution in [0.2, 0.25) is 5.02 Å². The van der Waals surface area contributed by atoms with Gasteiger partial charge in [0.1, 0.15) is 22.8 Å².